The summed E-state index contributed by atoms with van der Waals surface area (Å²) >= 11 is 25.6. The second-order valence-electron chi connectivity index (χ2n) is 13.5. The van der Waals surface area contributed by atoms with Crippen molar-refractivity contribution in [2.24, 2.45) is 5.84 Å². The van der Waals surface area contributed by atoms with Gasteiger partial charge in [-0.15, -0.1) is 5.10 Å². The molecule has 336 valence electrons. The minimum absolute atomic E-state index is 0.0314. The van der Waals surface area contributed by atoms with Gasteiger partial charge in [0.15, 0.2) is 0 Å². The molecule has 0 aliphatic carbocycles. The zero-order valence-electron chi connectivity index (χ0n) is 34.8. The number of hydrogen-bond acceptors (Lipinski definition) is 15. The van der Waals surface area contributed by atoms with Crippen molar-refractivity contribution in [3.8, 4) is 57.0 Å². The number of aromatic nitrogens is 8. The van der Waals surface area contributed by atoms with Crippen LogP contribution in [0.5, 0.6) is 23.0 Å². The molecule has 0 bridgehead atoms. The topological polar surface area (TPSA) is 235 Å². The summed E-state index contributed by atoms with van der Waals surface area (Å²) in [5, 5.41) is 14.4. The number of carbonyl (C=O) groups is 1. The summed E-state index contributed by atoms with van der Waals surface area (Å²) in [4.78, 5) is 42.4. The summed E-state index contributed by atoms with van der Waals surface area (Å²) in [6.45, 7) is 0. The van der Waals surface area contributed by atoms with E-state index in [4.69, 9.17) is 80.6 Å². The summed E-state index contributed by atoms with van der Waals surface area (Å²) in [6, 6.07) is 20.4. The first-order valence-corrected chi connectivity index (χ1v) is 20.7. The molecule has 0 atom stereocenters. The number of anilines is 4. The molecule has 23 heteroatoms. The van der Waals surface area contributed by atoms with E-state index >= 15 is 0 Å². The third-order valence-corrected chi connectivity index (χ3v) is 11.1. The fourth-order valence-electron chi connectivity index (χ4n) is 6.83. The van der Waals surface area contributed by atoms with E-state index in [1.165, 1.54) is 28.4 Å². The Balaban J connectivity index is 0.000000180. The van der Waals surface area contributed by atoms with Crippen LogP contribution in [0.3, 0.4) is 0 Å². The number of nitrogen functional groups attached to an aromatic ring is 1. The lowest BCUT2D eigenvalue weighted by molar-refractivity contribution is 0.0953. The fraction of sp³-hybridized carbons (Fsp3) is 0.0930. The molecule has 0 saturated carbocycles. The zero-order chi connectivity index (χ0) is 46.6. The zero-order valence-corrected chi connectivity index (χ0v) is 37.8. The van der Waals surface area contributed by atoms with Gasteiger partial charge in [0.1, 0.15) is 46.0 Å². The molecule has 5 heterocycles. The van der Waals surface area contributed by atoms with Gasteiger partial charge in [0.25, 0.3) is 5.91 Å². The second kappa shape index (κ2) is 19.3. The molecular weight excluding hydrogens is 938 g/mol. The first-order valence-electron chi connectivity index (χ1n) is 19.2. The molecule has 0 aliphatic heterocycles. The molecule has 0 unspecified atom stereocenters. The maximum Gasteiger partial charge on any atom is 0.434 e. The van der Waals surface area contributed by atoms with Crippen LogP contribution in [-0.2, 0) is 0 Å². The van der Waals surface area contributed by atoms with Crippen LogP contribution in [0.25, 0.3) is 45.5 Å². The van der Waals surface area contributed by atoms with Gasteiger partial charge in [0, 0.05) is 36.9 Å². The minimum atomic E-state index is -0.708. The van der Waals surface area contributed by atoms with E-state index in [-0.39, 0.29) is 11.5 Å². The number of carbonyl (C=O) groups excluding carboxylic acids is 1. The molecule has 4 aromatic carbocycles. The number of halogens is 4. The summed E-state index contributed by atoms with van der Waals surface area (Å²) in [6.07, 6.45) is 6.79. The molecule has 0 radical (unpaired) electrons. The lowest BCUT2D eigenvalue weighted by Crippen LogP contribution is -2.30. The Hall–Kier alpha value is -7.55. The van der Waals surface area contributed by atoms with E-state index in [1.807, 2.05) is 0 Å². The quantitative estimate of drug-likeness (QED) is 0.0437. The summed E-state index contributed by atoms with van der Waals surface area (Å²) < 4.78 is 30.7. The van der Waals surface area contributed by atoms with Gasteiger partial charge in [-0.2, -0.15) is 0 Å². The van der Waals surface area contributed by atoms with Crippen LogP contribution in [0, 0.1) is 0 Å². The van der Waals surface area contributed by atoms with E-state index in [9.17, 15) is 9.59 Å². The van der Waals surface area contributed by atoms with Crippen molar-refractivity contribution in [1.29, 1.82) is 0 Å². The highest BCUT2D eigenvalue weighted by molar-refractivity contribution is 6.40. The van der Waals surface area contributed by atoms with E-state index in [2.05, 4.69) is 41.2 Å². The Morgan fingerprint density at radius 2 is 1.17 bits per heavy atom. The van der Waals surface area contributed by atoms with Crippen molar-refractivity contribution >= 4 is 86.9 Å². The standard InChI is InChI=1S/C22H16Cl2N6O4.C21H18Cl2N6O3/c1-32-11-9-12(20-28-29-22(31)34-20)16(15(10-11)33-2)18-19(30-8-4-7-25-21(30)27-18)26-17-13(23)5-3-6-14(17)24;1-31-11-9-12(20(30)28-24)16(15(10-11)32-2)18-19(29-8-4-7-25-21(29)27-18)26-17-13(22)5-3-6-14(17)23/h3-10,26H,1-2H3,(H,29,31);3-10,26H,24H2,1-2H3,(H,28,30). The SMILES string of the molecule is COc1cc(OC)c(-c2nc3ncccn3c2Nc2c(Cl)cccc2Cl)c(-c2n[nH]c(=O)o2)c1.COc1cc(OC)c(-c2nc3ncccn3c2Nc2c(Cl)cccc2Cl)c(C(=O)NN)c1. The highest BCUT2D eigenvalue weighted by atomic mass is 35.5. The number of para-hydroxylation sites is 2. The smallest absolute Gasteiger partial charge is 0.434 e. The average Bonchev–Trinajstić information content (AvgIpc) is 4.05. The van der Waals surface area contributed by atoms with E-state index in [0.29, 0.717) is 106 Å². The lowest BCUT2D eigenvalue weighted by atomic mass is 10.0. The van der Waals surface area contributed by atoms with Gasteiger partial charge in [0.05, 0.1) is 82.2 Å². The van der Waals surface area contributed by atoms with Crippen molar-refractivity contribution in [2.75, 3.05) is 39.1 Å². The van der Waals surface area contributed by atoms with Gasteiger partial charge in [-0.3, -0.25) is 19.0 Å². The van der Waals surface area contributed by atoms with Crippen molar-refractivity contribution in [1.82, 2.24) is 44.4 Å². The molecule has 1 amide bonds. The molecule has 0 aliphatic rings. The number of hydrogen-bond donors (Lipinski definition) is 5. The van der Waals surface area contributed by atoms with Crippen LogP contribution in [0.1, 0.15) is 10.4 Å². The molecule has 9 aromatic rings. The number of nitrogens with two attached hydrogens (primary N) is 1. The maximum absolute atomic E-state index is 12.7. The number of aromatic amines is 1. The molecular formula is C43H34Cl4N12O7. The lowest BCUT2D eigenvalue weighted by Gasteiger charge is -2.16. The number of nitrogens with one attached hydrogen (secondary N) is 4. The number of nitrogens with zero attached hydrogens (tertiary/aromatic N) is 7. The summed E-state index contributed by atoms with van der Waals surface area (Å²) in [5.41, 5.74) is 5.37. The molecule has 0 fully saturated rings. The highest BCUT2D eigenvalue weighted by Gasteiger charge is 2.28. The van der Waals surface area contributed by atoms with Gasteiger partial charge in [-0.25, -0.2) is 35.7 Å². The molecule has 6 N–H and O–H groups in total. The Labute approximate surface area is 393 Å². The molecule has 0 spiro atoms. The third kappa shape index (κ3) is 8.67. The van der Waals surface area contributed by atoms with Crippen molar-refractivity contribution in [2.45, 2.75) is 0 Å². The number of hydrazine groups is 1. The number of H-pyrrole nitrogens is 1. The van der Waals surface area contributed by atoms with Gasteiger partial charge >= 0.3 is 5.76 Å². The average molecular weight is 973 g/mol. The molecule has 0 saturated heterocycles. The van der Waals surface area contributed by atoms with E-state index < -0.39 is 11.7 Å². The van der Waals surface area contributed by atoms with Crippen LogP contribution in [-0.4, -0.2) is 73.3 Å². The van der Waals surface area contributed by atoms with Crippen LogP contribution >= 0.6 is 46.4 Å². The largest absolute Gasteiger partial charge is 0.497 e. The molecule has 5 aromatic heterocycles. The van der Waals surface area contributed by atoms with Crippen molar-refractivity contribution in [3.05, 3.63) is 134 Å². The minimum Gasteiger partial charge on any atom is -0.497 e. The van der Waals surface area contributed by atoms with Crippen molar-refractivity contribution < 1.29 is 28.2 Å². The third-order valence-electron chi connectivity index (χ3n) is 9.80. The van der Waals surface area contributed by atoms with Gasteiger partial charge in [-0.1, -0.05) is 58.5 Å². The summed E-state index contributed by atoms with van der Waals surface area (Å²) in [5.74, 6) is 7.58. The van der Waals surface area contributed by atoms with Crippen LogP contribution in [0.2, 0.25) is 20.1 Å². The number of benzene rings is 4. The number of imidazole rings is 2. The van der Waals surface area contributed by atoms with Gasteiger partial charge < -0.3 is 34.0 Å². The Bertz CT molecular complexity index is 3300. The number of fused-ring (bicyclic) bond motifs is 2. The van der Waals surface area contributed by atoms with E-state index in [1.54, 1.807) is 106 Å². The van der Waals surface area contributed by atoms with Crippen molar-refractivity contribution in [3.63, 3.8) is 0 Å². The fourth-order valence-corrected chi connectivity index (χ4v) is 7.81. The van der Waals surface area contributed by atoms with Gasteiger partial charge in [-0.05, 0) is 48.5 Å². The van der Waals surface area contributed by atoms with Crippen LogP contribution < -0.4 is 46.6 Å². The number of methoxy groups -OCH3 is 4. The molecule has 66 heavy (non-hydrogen) atoms. The Morgan fingerprint density at radius 3 is 1.62 bits per heavy atom. The molecule has 9 rings (SSSR count). The van der Waals surface area contributed by atoms with Crippen LogP contribution in [0.4, 0.5) is 23.0 Å². The first-order chi connectivity index (χ1) is 32.0. The first kappa shape index (κ1) is 45.0. The predicted molar refractivity (Wildman–Crippen MR) is 250 cm³/mol. The highest BCUT2D eigenvalue weighted by Crippen LogP contribution is 2.46. The number of ether oxygens (including phenoxy) is 4. The Morgan fingerprint density at radius 1 is 0.682 bits per heavy atom. The predicted octanol–water partition coefficient (Wildman–Crippen LogP) is 8.87. The Kier molecular flexibility index (Phi) is 13.2. The second-order valence-corrected chi connectivity index (χ2v) is 15.2. The summed E-state index contributed by atoms with van der Waals surface area (Å²) in [7, 11) is 5.99. The van der Waals surface area contributed by atoms with Gasteiger partial charge in [0.2, 0.25) is 17.4 Å². The van der Waals surface area contributed by atoms with E-state index in [0.717, 1.165) is 0 Å². The maximum atomic E-state index is 12.7. The monoisotopic (exact) mass is 970 g/mol. The normalized spacial score (nSPS) is 10.9. The number of amides is 1. The number of rotatable bonds is 12. The van der Waals surface area contributed by atoms with Crippen LogP contribution in [0.15, 0.2) is 107 Å². The molecule has 19 nitrogen and oxygen atoms in total.